The van der Waals surface area contributed by atoms with E-state index in [1.807, 2.05) is 85.1 Å². The summed E-state index contributed by atoms with van der Waals surface area (Å²) >= 11 is 1.60. The van der Waals surface area contributed by atoms with Crippen LogP contribution in [0, 0.1) is 6.92 Å². The predicted molar refractivity (Wildman–Crippen MR) is 106 cm³/mol. The molecule has 26 heavy (non-hydrogen) atoms. The predicted octanol–water partition coefficient (Wildman–Crippen LogP) is 5.16. The summed E-state index contributed by atoms with van der Waals surface area (Å²) < 4.78 is 1.69. The molecule has 0 fully saturated rings. The molecule has 0 atom stereocenters. The van der Waals surface area contributed by atoms with Crippen molar-refractivity contribution in [2.75, 3.05) is 5.32 Å². The number of aryl methyl sites for hydroxylation is 1. The summed E-state index contributed by atoms with van der Waals surface area (Å²) in [6, 6.07) is 23.3. The van der Waals surface area contributed by atoms with Gasteiger partial charge in [-0.2, -0.15) is 5.10 Å². The maximum absolute atomic E-state index is 12.9. The number of aromatic nitrogens is 2. The van der Waals surface area contributed by atoms with E-state index in [2.05, 4.69) is 10.4 Å². The maximum Gasteiger partial charge on any atom is 0.274 e. The van der Waals surface area contributed by atoms with Gasteiger partial charge in [0, 0.05) is 5.69 Å². The Bertz CT molecular complexity index is 1020. The minimum absolute atomic E-state index is 0.187. The SMILES string of the molecule is Cc1ccc(NC(=O)c2cc(-c3cccs3)nn2-c2ccccc2)cc1. The molecule has 1 N–H and O–H groups in total. The standard InChI is InChI=1S/C21H17N3OS/c1-15-9-11-16(12-10-15)22-21(25)19-14-18(20-8-5-13-26-20)23-24(19)17-6-3-2-4-7-17/h2-14H,1H3,(H,22,25). The summed E-state index contributed by atoms with van der Waals surface area (Å²) in [5.41, 5.74) is 4.05. The molecule has 0 bridgehead atoms. The first kappa shape index (κ1) is 16.3. The van der Waals surface area contributed by atoms with Crippen LogP contribution in [0.15, 0.2) is 78.2 Å². The van der Waals surface area contributed by atoms with Crippen LogP contribution in [0.4, 0.5) is 5.69 Å². The number of benzene rings is 2. The van der Waals surface area contributed by atoms with E-state index in [0.29, 0.717) is 5.69 Å². The molecule has 0 saturated carbocycles. The van der Waals surface area contributed by atoms with Gasteiger partial charge in [-0.3, -0.25) is 4.79 Å². The third kappa shape index (κ3) is 3.30. The Morgan fingerprint density at radius 3 is 2.46 bits per heavy atom. The Morgan fingerprint density at radius 1 is 1.00 bits per heavy atom. The van der Waals surface area contributed by atoms with Gasteiger partial charge in [-0.1, -0.05) is 42.0 Å². The van der Waals surface area contributed by atoms with Crippen LogP contribution in [-0.2, 0) is 0 Å². The number of anilines is 1. The van der Waals surface area contributed by atoms with E-state index in [-0.39, 0.29) is 5.91 Å². The van der Waals surface area contributed by atoms with Crippen molar-refractivity contribution in [2.45, 2.75) is 6.92 Å². The second-order valence-corrected chi connectivity index (χ2v) is 6.91. The molecular weight excluding hydrogens is 342 g/mol. The first-order valence-corrected chi connectivity index (χ1v) is 9.16. The number of carbonyl (C=O) groups excluding carboxylic acids is 1. The van der Waals surface area contributed by atoms with Gasteiger partial charge in [0.05, 0.1) is 10.6 Å². The van der Waals surface area contributed by atoms with Crippen LogP contribution in [0.3, 0.4) is 0 Å². The van der Waals surface area contributed by atoms with Crippen molar-refractivity contribution >= 4 is 22.9 Å². The Balaban J connectivity index is 1.73. The van der Waals surface area contributed by atoms with Crippen molar-refractivity contribution < 1.29 is 4.79 Å². The molecule has 0 aliphatic rings. The summed E-state index contributed by atoms with van der Waals surface area (Å²) in [5, 5.41) is 9.63. The fourth-order valence-corrected chi connectivity index (χ4v) is 3.37. The van der Waals surface area contributed by atoms with E-state index in [9.17, 15) is 4.79 Å². The first-order chi connectivity index (χ1) is 12.7. The molecule has 4 rings (SSSR count). The van der Waals surface area contributed by atoms with Crippen LogP contribution in [0.1, 0.15) is 16.1 Å². The van der Waals surface area contributed by atoms with E-state index in [1.165, 1.54) is 0 Å². The average molecular weight is 359 g/mol. The smallest absolute Gasteiger partial charge is 0.274 e. The van der Waals surface area contributed by atoms with Gasteiger partial charge in [0.1, 0.15) is 11.4 Å². The van der Waals surface area contributed by atoms with Gasteiger partial charge in [-0.15, -0.1) is 11.3 Å². The molecule has 128 valence electrons. The lowest BCUT2D eigenvalue weighted by Gasteiger charge is -2.08. The van der Waals surface area contributed by atoms with Gasteiger partial charge in [0.15, 0.2) is 0 Å². The summed E-state index contributed by atoms with van der Waals surface area (Å²) in [6.45, 7) is 2.02. The Hall–Kier alpha value is -3.18. The van der Waals surface area contributed by atoms with Crippen molar-refractivity contribution in [3.63, 3.8) is 0 Å². The molecule has 0 aliphatic carbocycles. The minimum atomic E-state index is -0.187. The van der Waals surface area contributed by atoms with Crippen molar-refractivity contribution in [1.82, 2.24) is 9.78 Å². The lowest BCUT2D eigenvalue weighted by Crippen LogP contribution is -2.16. The summed E-state index contributed by atoms with van der Waals surface area (Å²) in [5.74, 6) is -0.187. The van der Waals surface area contributed by atoms with Gasteiger partial charge in [-0.25, -0.2) is 4.68 Å². The number of hydrogen-bond acceptors (Lipinski definition) is 3. The number of nitrogens with zero attached hydrogens (tertiary/aromatic N) is 2. The van der Waals surface area contributed by atoms with Crippen LogP contribution in [0.2, 0.25) is 0 Å². The molecule has 5 heteroatoms. The van der Waals surface area contributed by atoms with Crippen LogP contribution < -0.4 is 5.32 Å². The van der Waals surface area contributed by atoms with Crippen LogP contribution >= 0.6 is 11.3 Å². The minimum Gasteiger partial charge on any atom is -0.321 e. The highest BCUT2D eigenvalue weighted by molar-refractivity contribution is 7.13. The lowest BCUT2D eigenvalue weighted by atomic mass is 10.2. The molecule has 4 aromatic rings. The van der Waals surface area contributed by atoms with E-state index < -0.39 is 0 Å². The molecule has 0 unspecified atom stereocenters. The topological polar surface area (TPSA) is 46.9 Å². The molecule has 2 aromatic heterocycles. The number of hydrogen-bond donors (Lipinski definition) is 1. The van der Waals surface area contributed by atoms with Crippen LogP contribution in [-0.4, -0.2) is 15.7 Å². The second-order valence-electron chi connectivity index (χ2n) is 5.96. The fraction of sp³-hybridized carbons (Fsp3) is 0.0476. The van der Waals surface area contributed by atoms with Crippen LogP contribution in [0.25, 0.3) is 16.3 Å². The highest BCUT2D eigenvalue weighted by atomic mass is 32.1. The monoisotopic (exact) mass is 359 g/mol. The molecule has 0 radical (unpaired) electrons. The van der Waals surface area contributed by atoms with E-state index in [1.54, 1.807) is 16.0 Å². The van der Waals surface area contributed by atoms with Crippen molar-refractivity contribution in [1.29, 1.82) is 0 Å². The largest absolute Gasteiger partial charge is 0.321 e. The summed E-state index contributed by atoms with van der Waals surface area (Å²) in [6.07, 6.45) is 0. The third-order valence-electron chi connectivity index (χ3n) is 4.03. The molecule has 2 aromatic carbocycles. The van der Waals surface area contributed by atoms with Crippen LogP contribution in [0.5, 0.6) is 0 Å². The van der Waals surface area contributed by atoms with E-state index >= 15 is 0 Å². The summed E-state index contributed by atoms with van der Waals surface area (Å²) in [7, 11) is 0. The number of nitrogens with one attached hydrogen (secondary N) is 1. The zero-order chi connectivity index (χ0) is 17.9. The summed E-state index contributed by atoms with van der Waals surface area (Å²) in [4.78, 5) is 13.9. The Labute approximate surface area is 155 Å². The van der Waals surface area contributed by atoms with Crippen molar-refractivity contribution in [3.8, 4) is 16.3 Å². The Kier molecular flexibility index (Phi) is 4.37. The molecule has 0 aliphatic heterocycles. The lowest BCUT2D eigenvalue weighted by molar-refractivity contribution is 0.101. The number of amides is 1. The molecular formula is C21H17N3OS. The number of para-hydroxylation sites is 1. The highest BCUT2D eigenvalue weighted by Crippen LogP contribution is 2.26. The zero-order valence-corrected chi connectivity index (χ0v) is 15.0. The second kappa shape index (κ2) is 6.98. The molecule has 0 spiro atoms. The van der Waals surface area contributed by atoms with Crippen molar-refractivity contribution in [3.05, 3.63) is 89.4 Å². The number of thiophene rings is 1. The molecule has 2 heterocycles. The first-order valence-electron chi connectivity index (χ1n) is 8.28. The third-order valence-corrected chi connectivity index (χ3v) is 4.92. The maximum atomic E-state index is 12.9. The highest BCUT2D eigenvalue weighted by Gasteiger charge is 2.18. The number of rotatable bonds is 4. The number of carbonyl (C=O) groups is 1. The van der Waals surface area contributed by atoms with E-state index in [4.69, 9.17) is 0 Å². The van der Waals surface area contributed by atoms with Gasteiger partial charge < -0.3 is 5.32 Å². The van der Waals surface area contributed by atoms with Gasteiger partial charge in [0.2, 0.25) is 0 Å². The van der Waals surface area contributed by atoms with E-state index in [0.717, 1.165) is 27.5 Å². The van der Waals surface area contributed by atoms with Crippen molar-refractivity contribution in [2.24, 2.45) is 0 Å². The quantitative estimate of drug-likeness (QED) is 0.547. The molecule has 1 amide bonds. The Morgan fingerprint density at radius 2 is 1.77 bits per heavy atom. The average Bonchev–Trinajstić information content (AvgIpc) is 3.34. The van der Waals surface area contributed by atoms with Gasteiger partial charge in [0.25, 0.3) is 5.91 Å². The molecule has 4 nitrogen and oxygen atoms in total. The van der Waals surface area contributed by atoms with Gasteiger partial charge >= 0.3 is 0 Å². The normalized spacial score (nSPS) is 10.7. The zero-order valence-electron chi connectivity index (χ0n) is 14.2. The molecule has 0 saturated heterocycles. The van der Waals surface area contributed by atoms with Gasteiger partial charge in [-0.05, 0) is 48.7 Å². The fourth-order valence-electron chi connectivity index (χ4n) is 2.69.